The van der Waals surface area contributed by atoms with Crippen LogP contribution in [0.15, 0.2) is 0 Å². The van der Waals surface area contributed by atoms with Crippen molar-refractivity contribution in [2.75, 3.05) is 0 Å². The summed E-state index contributed by atoms with van der Waals surface area (Å²) in [6.07, 6.45) is 21.3. The SMILES string of the molecule is CCCCCCCCC(CCCCCCCC)(C[CH2][Sn]=[S])[S][Sn]=[S]. The number of rotatable bonds is 19. The van der Waals surface area contributed by atoms with Crippen molar-refractivity contribution in [3.8, 4) is 0 Å². The first kappa shape index (κ1) is 26.4. The molecule has 0 saturated heterocycles. The van der Waals surface area contributed by atoms with E-state index in [0.29, 0.717) is 4.75 Å². The molecule has 0 fully saturated rings. The summed E-state index contributed by atoms with van der Waals surface area (Å²) in [7, 11) is 13.2. The second-order valence-electron chi connectivity index (χ2n) is 7.05. The Morgan fingerprint density at radius 1 is 0.667 bits per heavy atom. The first-order valence-electron chi connectivity index (χ1n) is 10.1. The van der Waals surface area contributed by atoms with E-state index >= 15 is 0 Å². The zero-order valence-electron chi connectivity index (χ0n) is 16.0. The van der Waals surface area contributed by atoms with E-state index in [9.17, 15) is 0 Å². The Morgan fingerprint density at radius 3 is 1.54 bits per heavy atom. The molecule has 0 saturated carbocycles. The van der Waals surface area contributed by atoms with Gasteiger partial charge in [-0.1, -0.05) is 0 Å². The monoisotopic (exact) mass is 602 g/mol. The van der Waals surface area contributed by atoms with Crippen molar-refractivity contribution in [1.82, 2.24) is 0 Å². The third-order valence-electron chi connectivity index (χ3n) is 4.91. The molecule has 0 aliphatic carbocycles. The second kappa shape index (κ2) is 20.1. The van der Waals surface area contributed by atoms with E-state index in [1.54, 1.807) is 0 Å². The summed E-state index contributed by atoms with van der Waals surface area (Å²) < 4.78 is 1.95. The van der Waals surface area contributed by atoms with Crippen molar-refractivity contribution in [3.05, 3.63) is 0 Å². The van der Waals surface area contributed by atoms with Gasteiger partial charge in [0.1, 0.15) is 0 Å². The molecule has 0 unspecified atom stereocenters. The molecule has 0 aliphatic rings. The van der Waals surface area contributed by atoms with Gasteiger partial charge in [-0.05, 0) is 0 Å². The molecule has 0 aromatic heterocycles. The van der Waals surface area contributed by atoms with E-state index < -0.39 is 37.0 Å². The van der Waals surface area contributed by atoms with Crippen LogP contribution in [0, 0.1) is 0 Å². The quantitative estimate of drug-likeness (QED) is 0.108. The van der Waals surface area contributed by atoms with Crippen LogP contribution in [-0.4, -0.2) is 41.8 Å². The molecule has 0 bridgehead atoms. The van der Waals surface area contributed by atoms with Crippen molar-refractivity contribution in [1.29, 1.82) is 0 Å². The van der Waals surface area contributed by atoms with Crippen molar-refractivity contribution >= 4 is 64.5 Å². The Bertz CT molecular complexity index is 282. The molecular formula is C19H38S3Sn2. The van der Waals surface area contributed by atoms with Crippen LogP contribution in [0.2, 0.25) is 4.44 Å². The molecule has 0 aliphatic heterocycles. The van der Waals surface area contributed by atoms with Gasteiger partial charge in [0, 0.05) is 0 Å². The predicted molar refractivity (Wildman–Crippen MR) is 122 cm³/mol. The fraction of sp³-hybridized carbons (Fsp3) is 1.00. The minimum absolute atomic E-state index is 0.462. The molecule has 0 spiro atoms. The van der Waals surface area contributed by atoms with Crippen LogP contribution in [0.4, 0.5) is 0 Å². The van der Waals surface area contributed by atoms with Crippen LogP contribution in [0.25, 0.3) is 0 Å². The molecule has 24 heavy (non-hydrogen) atoms. The van der Waals surface area contributed by atoms with Gasteiger partial charge in [0.15, 0.2) is 0 Å². The average Bonchev–Trinajstić information content (AvgIpc) is 2.59. The van der Waals surface area contributed by atoms with E-state index in [1.807, 2.05) is 0 Å². The molecule has 140 valence electrons. The Balaban J connectivity index is 4.28. The van der Waals surface area contributed by atoms with Crippen molar-refractivity contribution in [3.63, 3.8) is 0 Å². The zero-order valence-corrected chi connectivity index (χ0v) is 24.2. The summed E-state index contributed by atoms with van der Waals surface area (Å²) in [5.41, 5.74) is 0. The van der Waals surface area contributed by atoms with Gasteiger partial charge in [-0.3, -0.25) is 0 Å². The zero-order chi connectivity index (χ0) is 17.9. The molecule has 0 aromatic rings. The third kappa shape index (κ3) is 15.4. The maximum atomic E-state index is 5.54. The van der Waals surface area contributed by atoms with Gasteiger partial charge in [-0.2, -0.15) is 0 Å². The second-order valence-corrected chi connectivity index (χ2v) is 19.0. The standard InChI is InChI=1S/C19H39S.2S.2Sn/c1-4-7-9-11-13-15-17-19(20,6-3)18-16-14-12-10-8-5-2;;;;/h20H,3-18H2,1-2H3;;;;/q;;;;+1/p-1. The van der Waals surface area contributed by atoms with Gasteiger partial charge in [0.25, 0.3) is 0 Å². The average molecular weight is 600 g/mol. The molecular weight excluding hydrogens is 562 g/mol. The first-order chi connectivity index (χ1) is 11.7. The van der Waals surface area contributed by atoms with Gasteiger partial charge in [0.2, 0.25) is 0 Å². The normalized spacial score (nSPS) is 11.6. The molecule has 0 N–H and O–H groups in total. The summed E-state index contributed by atoms with van der Waals surface area (Å²) in [6, 6.07) is 0. The van der Waals surface area contributed by atoms with Crippen molar-refractivity contribution in [2.24, 2.45) is 0 Å². The van der Waals surface area contributed by atoms with Gasteiger partial charge >= 0.3 is 184 Å². The van der Waals surface area contributed by atoms with Gasteiger partial charge in [-0.25, -0.2) is 0 Å². The molecule has 0 rings (SSSR count). The molecule has 2 radical (unpaired) electrons. The van der Waals surface area contributed by atoms with Gasteiger partial charge in [-0.15, -0.1) is 0 Å². The van der Waals surface area contributed by atoms with E-state index in [-0.39, 0.29) is 0 Å². The van der Waals surface area contributed by atoms with Crippen LogP contribution in [0.3, 0.4) is 0 Å². The summed E-state index contributed by atoms with van der Waals surface area (Å²) >= 11 is -1.06. The van der Waals surface area contributed by atoms with Gasteiger partial charge < -0.3 is 0 Å². The van der Waals surface area contributed by atoms with Crippen molar-refractivity contribution in [2.45, 2.75) is 119 Å². The summed E-state index contributed by atoms with van der Waals surface area (Å²) in [6.45, 7) is 4.61. The predicted octanol–water partition coefficient (Wildman–Crippen LogP) is 8.32. The molecule has 0 aromatic carbocycles. The fourth-order valence-electron chi connectivity index (χ4n) is 3.35. The minimum atomic E-state index is -0.597. The number of unbranched alkanes of at least 4 members (excludes halogenated alkanes) is 10. The van der Waals surface area contributed by atoms with Crippen LogP contribution in [0.1, 0.15) is 110 Å². The number of hydrogen-bond acceptors (Lipinski definition) is 3. The maximum absolute atomic E-state index is 5.54. The van der Waals surface area contributed by atoms with E-state index in [1.165, 1.54) is 101 Å². The number of hydrogen-bond donors (Lipinski definition) is 0. The Labute approximate surface area is 182 Å². The van der Waals surface area contributed by atoms with Crippen LogP contribution in [0.5, 0.6) is 0 Å². The Hall–Kier alpha value is 2.39. The third-order valence-corrected chi connectivity index (χ3v) is 14.8. The van der Waals surface area contributed by atoms with Crippen LogP contribution >= 0.6 is 27.5 Å². The van der Waals surface area contributed by atoms with E-state index in [0.717, 1.165) is 0 Å². The van der Waals surface area contributed by atoms with Crippen LogP contribution in [-0.2, 0) is 0 Å². The molecule has 0 heterocycles. The topological polar surface area (TPSA) is 0 Å². The first-order valence-corrected chi connectivity index (χ1v) is 24.3. The Kier molecular flexibility index (Phi) is 22.1. The van der Waals surface area contributed by atoms with E-state index in [4.69, 9.17) is 18.6 Å². The fourth-order valence-corrected chi connectivity index (χ4v) is 14.8. The molecule has 0 atom stereocenters. The van der Waals surface area contributed by atoms with E-state index in [2.05, 4.69) is 22.8 Å². The molecule has 5 heteroatoms. The molecule has 0 amide bonds. The summed E-state index contributed by atoms with van der Waals surface area (Å²) in [5, 5.41) is 0. The summed E-state index contributed by atoms with van der Waals surface area (Å²) in [4.78, 5) is 0. The summed E-state index contributed by atoms with van der Waals surface area (Å²) in [5.74, 6) is 0. The van der Waals surface area contributed by atoms with Crippen LogP contribution < -0.4 is 0 Å². The molecule has 0 nitrogen and oxygen atoms in total. The van der Waals surface area contributed by atoms with Crippen molar-refractivity contribution < 1.29 is 0 Å². The van der Waals surface area contributed by atoms with Gasteiger partial charge in [0.05, 0.1) is 0 Å². The Morgan fingerprint density at radius 2 is 1.12 bits per heavy atom.